The molecule has 2 aromatic carbocycles. The third-order valence-electron chi connectivity index (χ3n) is 6.03. The summed E-state index contributed by atoms with van der Waals surface area (Å²) in [5, 5.41) is 0.271. The predicted molar refractivity (Wildman–Crippen MR) is 120 cm³/mol. The van der Waals surface area contributed by atoms with Gasteiger partial charge in [-0.25, -0.2) is 9.18 Å². The highest BCUT2D eigenvalue weighted by Crippen LogP contribution is 2.40. The smallest absolute Gasteiger partial charge is 0.325 e. The van der Waals surface area contributed by atoms with Crippen LogP contribution in [0.2, 0.25) is 0 Å². The van der Waals surface area contributed by atoms with E-state index in [0.717, 1.165) is 23.7 Å². The maximum Gasteiger partial charge on any atom is 0.325 e. The maximum absolute atomic E-state index is 14.1. The highest BCUT2D eigenvalue weighted by molar-refractivity contribution is 7.99. The van der Waals surface area contributed by atoms with Gasteiger partial charge < -0.3 is 19.3 Å². The average molecular weight is 458 g/mol. The summed E-state index contributed by atoms with van der Waals surface area (Å²) in [6.07, 6.45) is 0.825. The average Bonchev–Trinajstić information content (AvgIpc) is 3.32. The maximum atomic E-state index is 14.1. The van der Waals surface area contributed by atoms with Crippen LogP contribution in [-0.2, 0) is 4.79 Å². The van der Waals surface area contributed by atoms with E-state index in [1.807, 2.05) is 28.8 Å². The van der Waals surface area contributed by atoms with Crippen LogP contribution in [0.4, 0.5) is 14.9 Å². The van der Waals surface area contributed by atoms with Crippen molar-refractivity contribution in [1.82, 2.24) is 9.80 Å². The van der Waals surface area contributed by atoms with E-state index in [2.05, 4.69) is 6.07 Å². The Kier molecular flexibility index (Phi) is 5.82. The van der Waals surface area contributed by atoms with Crippen LogP contribution >= 0.6 is 11.8 Å². The van der Waals surface area contributed by atoms with Crippen LogP contribution in [0.5, 0.6) is 11.5 Å². The molecule has 0 bridgehead atoms. The number of para-hydroxylation sites is 1. The van der Waals surface area contributed by atoms with E-state index in [9.17, 15) is 14.0 Å². The summed E-state index contributed by atoms with van der Waals surface area (Å²) in [5.74, 6) is 1.85. The van der Waals surface area contributed by atoms with Crippen molar-refractivity contribution < 1.29 is 23.5 Å². The summed E-state index contributed by atoms with van der Waals surface area (Å²) in [6.45, 7) is 2.32. The number of hydrogen-bond donors (Lipinski definition) is 0. The molecule has 3 aliphatic heterocycles. The van der Waals surface area contributed by atoms with Crippen LogP contribution in [0, 0.1) is 5.82 Å². The summed E-state index contributed by atoms with van der Waals surface area (Å²) in [5.41, 5.74) is 1.42. The summed E-state index contributed by atoms with van der Waals surface area (Å²) in [4.78, 5) is 30.4. The molecule has 2 saturated heterocycles. The standard InChI is InChI=1S/C23H24FN3O4S/c24-17-3-1-2-4-18(17)27-10-9-26(23(27)29)14-22(28)25-8-7-21(32-12-11-25)16-5-6-19-20(13-16)31-15-30-19/h1-6,13,21H,7-12,14-15H2. The van der Waals surface area contributed by atoms with E-state index < -0.39 is 5.82 Å². The number of halogens is 1. The molecule has 3 aliphatic rings. The molecule has 0 aromatic heterocycles. The van der Waals surface area contributed by atoms with Gasteiger partial charge in [-0.05, 0) is 36.2 Å². The second-order valence-corrected chi connectivity index (χ2v) is 9.26. The number of thioether (sulfide) groups is 1. The zero-order chi connectivity index (χ0) is 22.1. The fourth-order valence-electron chi connectivity index (χ4n) is 4.29. The predicted octanol–water partition coefficient (Wildman–Crippen LogP) is 3.50. The Morgan fingerprint density at radius 2 is 1.91 bits per heavy atom. The molecule has 9 heteroatoms. The largest absolute Gasteiger partial charge is 0.454 e. The molecule has 1 atom stereocenters. The minimum Gasteiger partial charge on any atom is -0.454 e. The second kappa shape index (κ2) is 8.90. The molecule has 0 radical (unpaired) electrons. The molecule has 0 N–H and O–H groups in total. The number of hydrogen-bond acceptors (Lipinski definition) is 5. The van der Waals surface area contributed by atoms with Crippen LogP contribution in [0.25, 0.3) is 0 Å². The number of nitrogens with zero attached hydrogens (tertiary/aromatic N) is 3. The molecule has 2 fully saturated rings. The first kappa shape index (κ1) is 20.9. The van der Waals surface area contributed by atoms with E-state index in [4.69, 9.17) is 9.47 Å². The van der Waals surface area contributed by atoms with Gasteiger partial charge in [0.05, 0.1) is 5.69 Å². The molecule has 0 spiro atoms. The van der Waals surface area contributed by atoms with Crippen LogP contribution in [-0.4, -0.2) is 67.0 Å². The number of carbonyl (C=O) groups excluding carboxylic acids is 2. The van der Waals surface area contributed by atoms with E-state index in [1.165, 1.54) is 21.4 Å². The fourth-order valence-corrected chi connectivity index (χ4v) is 5.51. The second-order valence-electron chi connectivity index (χ2n) is 7.95. The zero-order valence-electron chi connectivity index (χ0n) is 17.5. The Labute approximate surface area is 190 Å². The summed E-state index contributed by atoms with van der Waals surface area (Å²) in [7, 11) is 0. The molecule has 32 heavy (non-hydrogen) atoms. The van der Waals surface area contributed by atoms with Crippen molar-refractivity contribution in [2.45, 2.75) is 11.7 Å². The quantitative estimate of drug-likeness (QED) is 0.703. The summed E-state index contributed by atoms with van der Waals surface area (Å²) < 4.78 is 25.0. The number of urea groups is 1. The van der Waals surface area contributed by atoms with Gasteiger partial charge in [0.1, 0.15) is 12.4 Å². The Balaban J connectivity index is 1.19. The minimum absolute atomic E-state index is 0.0170. The van der Waals surface area contributed by atoms with Crippen LogP contribution < -0.4 is 14.4 Å². The van der Waals surface area contributed by atoms with Crippen molar-refractivity contribution in [1.29, 1.82) is 0 Å². The van der Waals surface area contributed by atoms with Gasteiger partial charge in [-0.3, -0.25) is 9.69 Å². The highest BCUT2D eigenvalue weighted by Gasteiger charge is 2.33. The van der Waals surface area contributed by atoms with E-state index in [0.29, 0.717) is 26.2 Å². The lowest BCUT2D eigenvalue weighted by atomic mass is 10.1. The molecule has 7 nitrogen and oxygen atoms in total. The molecule has 3 heterocycles. The Morgan fingerprint density at radius 3 is 2.78 bits per heavy atom. The first-order valence-corrected chi connectivity index (χ1v) is 11.7. The van der Waals surface area contributed by atoms with Crippen molar-refractivity contribution in [3.63, 3.8) is 0 Å². The molecular weight excluding hydrogens is 433 g/mol. The number of benzene rings is 2. The number of fused-ring (bicyclic) bond motifs is 1. The molecule has 2 aromatic rings. The molecule has 3 amide bonds. The van der Waals surface area contributed by atoms with Gasteiger partial charge in [0.2, 0.25) is 12.7 Å². The third-order valence-corrected chi connectivity index (χ3v) is 7.36. The van der Waals surface area contributed by atoms with E-state index in [1.54, 1.807) is 18.2 Å². The minimum atomic E-state index is -0.437. The van der Waals surface area contributed by atoms with E-state index >= 15 is 0 Å². The molecule has 5 rings (SSSR count). The SMILES string of the molecule is O=C(CN1CCN(c2ccccc2F)C1=O)N1CCSC(c2ccc3c(c2)OCO3)CC1. The first-order chi connectivity index (χ1) is 15.6. The van der Waals surface area contributed by atoms with Gasteiger partial charge in [0.25, 0.3) is 0 Å². The van der Waals surface area contributed by atoms with Crippen LogP contribution in [0.3, 0.4) is 0 Å². The van der Waals surface area contributed by atoms with Crippen molar-refractivity contribution in [3.8, 4) is 11.5 Å². The van der Waals surface area contributed by atoms with E-state index in [-0.39, 0.29) is 36.2 Å². The van der Waals surface area contributed by atoms with Crippen molar-refractivity contribution >= 4 is 29.4 Å². The van der Waals surface area contributed by atoms with Gasteiger partial charge in [-0.2, -0.15) is 11.8 Å². The molecule has 1 unspecified atom stereocenters. The first-order valence-electron chi connectivity index (χ1n) is 10.7. The lowest BCUT2D eigenvalue weighted by molar-refractivity contribution is -0.131. The van der Waals surface area contributed by atoms with Gasteiger partial charge in [-0.1, -0.05) is 18.2 Å². The van der Waals surface area contributed by atoms with Gasteiger partial charge >= 0.3 is 6.03 Å². The molecular formula is C23H24FN3O4S. The Morgan fingerprint density at radius 1 is 1.06 bits per heavy atom. The van der Waals surface area contributed by atoms with Gasteiger partial charge in [0.15, 0.2) is 11.5 Å². The zero-order valence-corrected chi connectivity index (χ0v) is 18.4. The van der Waals surface area contributed by atoms with Crippen LogP contribution in [0.15, 0.2) is 42.5 Å². The summed E-state index contributed by atoms with van der Waals surface area (Å²) in [6, 6.07) is 11.9. The lowest BCUT2D eigenvalue weighted by Crippen LogP contribution is -2.43. The van der Waals surface area contributed by atoms with Crippen LogP contribution in [0.1, 0.15) is 17.2 Å². The van der Waals surface area contributed by atoms with Crippen molar-refractivity contribution in [2.24, 2.45) is 0 Å². The number of amides is 3. The highest BCUT2D eigenvalue weighted by atomic mass is 32.2. The summed E-state index contributed by atoms with van der Waals surface area (Å²) >= 11 is 1.83. The van der Waals surface area contributed by atoms with Crippen molar-refractivity contribution in [2.75, 3.05) is 50.2 Å². The van der Waals surface area contributed by atoms with Gasteiger partial charge in [0, 0.05) is 37.2 Å². The van der Waals surface area contributed by atoms with Gasteiger partial charge in [-0.15, -0.1) is 0 Å². The number of ether oxygens (including phenoxy) is 2. The number of rotatable bonds is 4. The normalized spacial score (nSPS) is 20.6. The molecule has 168 valence electrons. The third kappa shape index (κ3) is 4.09. The lowest BCUT2D eigenvalue weighted by Gasteiger charge is -2.24. The monoisotopic (exact) mass is 457 g/mol. The topological polar surface area (TPSA) is 62.3 Å². The Hall–Kier alpha value is -2.94. The number of carbonyl (C=O) groups is 2. The Bertz CT molecular complexity index is 1040. The number of anilines is 1. The molecule has 0 saturated carbocycles. The molecule has 0 aliphatic carbocycles. The van der Waals surface area contributed by atoms with Crippen molar-refractivity contribution in [3.05, 3.63) is 53.8 Å². The fraction of sp³-hybridized carbons (Fsp3) is 0.391.